The van der Waals surface area contributed by atoms with Gasteiger partial charge in [-0.25, -0.2) is 9.18 Å². The van der Waals surface area contributed by atoms with Gasteiger partial charge in [0.1, 0.15) is 11.4 Å². The Labute approximate surface area is 125 Å². The SMILES string of the molecule is Cc1ccc(C(C)(NC2CCCCCC2)C(=O)O)cc1F. The molecule has 3 nitrogen and oxygen atoms in total. The van der Waals surface area contributed by atoms with Crippen LogP contribution < -0.4 is 5.32 Å². The fourth-order valence-corrected chi connectivity index (χ4v) is 3.00. The summed E-state index contributed by atoms with van der Waals surface area (Å²) in [6.07, 6.45) is 6.63. The Hall–Kier alpha value is -1.42. The Morgan fingerprint density at radius 3 is 2.43 bits per heavy atom. The average molecular weight is 293 g/mol. The van der Waals surface area contributed by atoms with E-state index in [2.05, 4.69) is 5.32 Å². The number of aryl methyl sites for hydroxylation is 1. The van der Waals surface area contributed by atoms with Gasteiger partial charge in [0.2, 0.25) is 0 Å². The maximum absolute atomic E-state index is 13.8. The Bertz CT molecular complexity index is 510. The molecule has 0 heterocycles. The van der Waals surface area contributed by atoms with Crippen LogP contribution in [0.3, 0.4) is 0 Å². The van der Waals surface area contributed by atoms with Gasteiger partial charge in [-0.3, -0.25) is 5.32 Å². The maximum Gasteiger partial charge on any atom is 0.328 e. The van der Waals surface area contributed by atoms with Gasteiger partial charge in [0.25, 0.3) is 0 Å². The highest BCUT2D eigenvalue weighted by atomic mass is 19.1. The molecule has 1 unspecified atom stereocenters. The zero-order valence-corrected chi connectivity index (χ0v) is 12.8. The molecule has 0 amide bonds. The van der Waals surface area contributed by atoms with E-state index in [1.165, 1.54) is 18.9 Å². The number of rotatable bonds is 4. The first-order valence-corrected chi connectivity index (χ1v) is 7.71. The van der Waals surface area contributed by atoms with Crippen molar-refractivity contribution in [2.75, 3.05) is 0 Å². The van der Waals surface area contributed by atoms with E-state index in [-0.39, 0.29) is 11.9 Å². The molecule has 0 aromatic heterocycles. The summed E-state index contributed by atoms with van der Waals surface area (Å²) in [5.74, 6) is -1.32. The molecule has 0 radical (unpaired) electrons. The molecule has 0 spiro atoms. The van der Waals surface area contributed by atoms with Gasteiger partial charge in [-0.2, -0.15) is 0 Å². The highest BCUT2D eigenvalue weighted by Crippen LogP contribution is 2.27. The van der Waals surface area contributed by atoms with Gasteiger partial charge in [0.15, 0.2) is 0 Å². The van der Waals surface area contributed by atoms with Gasteiger partial charge in [0, 0.05) is 6.04 Å². The molecule has 116 valence electrons. The molecule has 1 aliphatic carbocycles. The standard InChI is InChI=1S/C17H24FNO2/c1-12-9-10-13(11-15(12)18)17(2,16(20)21)19-14-7-5-3-4-6-8-14/h9-11,14,19H,3-8H2,1-2H3,(H,20,21). The van der Waals surface area contributed by atoms with Crippen LogP contribution in [0.2, 0.25) is 0 Å². The van der Waals surface area contributed by atoms with Crippen molar-refractivity contribution >= 4 is 5.97 Å². The van der Waals surface area contributed by atoms with Crippen molar-refractivity contribution in [3.63, 3.8) is 0 Å². The Kier molecular flexibility index (Phi) is 4.99. The Morgan fingerprint density at radius 2 is 1.90 bits per heavy atom. The molecule has 0 saturated heterocycles. The normalized spacial score (nSPS) is 19.8. The number of halogens is 1. The van der Waals surface area contributed by atoms with Crippen molar-refractivity contribution in [3.8, 4) is 0 Å². The van der Waals surface area contributed by atoms with Crippen LogP contribution in [0, 0.1) is 12.7 Å². The fraction of sp³-hybridized carbons (Fsp3) is 0.588. The van der Waals surface area contributed by atoms with Crippen molar-refractivity contribution in [1.82, 2.24) is 5.32 Å². The number of carbonyl (C=O) groups is 1. The summed E-state index contributed by atoms with van der Waals surface area (Å²) in [4.78, 5) is 11.8. The van der Waals surface area contributed by atoms with Crippen LogP contribution in [-0.2, 0) is 10.3 Å². The zero-order valence-electron chi connectivity index (χ0n) is 12.8. The first-order chi connectivity index (χ1) is 9.93. The topological polar surface area (TPSA) is 49.3 Å². The van der Waals surface area contributed by atoms with E-state index in [1.54, 1.807) is 26.0 Å². The number of nitrogens with one attached hydrogen (secondary N) is 1. The molecule has 2 N–H and O–H groups in total. The third kappa shape index (κ3) is 3.62. The monoisotopic (exact) mass is 293 g/mol. The van der Waals surface area contributed by atoms with Crippen LogP contribution in [0.15, 0.2) is 18.2 Å². The summed E-state index contributed by atoms with van der Waals surface area (Å²) in [7, 11) is 0. The third-order valence-corrected chi connectivity index (χ3v) is 4.52. The van der Waals surface area contributed by atoms with Crippen molar-refractivity contribution in [2.24, 2.45) is 0 Å². The van der Waals surface area contributed by atoms with Crippen LogP contribution in [-0.4, -0.2) is 17.1 Å². The van der Waals surface area contributed by atoms with Crippen LogP contribution in [0.25, 0.3) is 0 Å². The van der Waals surface area contributed by atoms with Crippen LogP contribution >= 0.6 is 0 Å². The van der Waals surface area contributed by atoms with Gasteiger partial charge in [0.05, 0.1) is 0 Å². The second-order valence-corrected chi connectivity index (χ2v) is 6.23. The molecule has 1 atom stereocenters. The zero-order chi connectivity index (χ0) is 15.5. The lowest BCUT2D eigenvalue weighted by Crippen LogP contribution is -2.51. The first kappa shape index (κ1) is 16.0. The number of aliphatic carboxylic acids is 1. The molecule has 1 saturated carbocycles. The Balaban J connectivity index is 2.26. The van der Waals surface area contributed by atoms with Gasteiger partial charge < -0.3 is 5.11 Å². The molecule has 2 rings (SSSR count). The van der Waals surface area contributed by atoms with Gasteiger partial charge in [-0.15, -0.1) is 0 Å². The number of hydrogen-bond donors (Lipinski definition) is 2. The van der Waals surface area contributed by atoms with Gasteiger partial charge >= 0.3 is 5.97 Å². The summed E-state index contributed by atoms with van der Waals surface area (Å²) in [6, 6.07) is 4.86. The summed E-state index contributed by atoms with van der Waals surface area (Å²) in [5, 5.41) is 12.9. The second kappa shape index (κ2) is 6.56. The van der Waals surface area contributed by atoms with E-state index in [0.29, 0.717) is 11.1 Å². The first-order valence-electron chi connectivity index (χ1n) is 7.71. The number of benzene rings is 1. The van der Waals surface area contributed by atoms with Gasteiger partial charge in [-0.1, -0.05) is 37.8 Å². The second-order valence-electron chi connectivity index (χ2n) is 6.23. The minimum absolute atomic E-state index is 0.179. The smallest absolute Gasteiger partial charge is 0.328 e. The van der Waals surface area contributed by atoms with E-state index < -0.39 is 11.5 Å². The number of carboxylic acids is 1. The minimum atomic E-state index is -1.25. The number of hydrogen-bond acceptors (Lipinski definition) is 2. The summed E-state index contributed by atoms with van der Waals surface area (Å²) < 4.78 is 13.8. The lowest BCUT2D eigenvalue weighted by atomic mass is 9.89. The predicted octanol–water partition coefficient (Wildman–Crippen LogP) is 3.75. The average Bonchev–Trinajstić information content (AvgIpc) is 2.70. The summed E-state index contributed by atoms with van der Waals surface area (Å²) in [5.41, 5.74) is -0.243. The quantitative estimate of drug-likeness (QED) is 0.831. The van der Waals surface area contributed by atoms with E-state index >= 15 is 0 Å². The molecule has 1 aromatic rings. The van der Waals surface area contributed by atoms with Crippen LogP contribution in [0.4, 0.5) is 4.39 Å². The molecule has 1 fully saturated rings. The number of carboxylic acid groups (broad SMARTS) is 1. The molecule has 0 bridgehead atoms. The molecule has 1 aliphatic rings. The summed E-state index contributed by atoms with van der Waals surface area (Å²) >= 11 is 0. The lowest BCUT2D eigenvalue weighted by molar-refractivity contribution is -0.145. The lowest BCUT2D eigenvalue weighted by Gasteiger charge is -2.32. The highest BCUT2D eigenvalue weighted by molar-refractivity contribution is 5.80. The van der Waals surface area contributed by atoms with Crippen molar-refractivity contribution in [2.45, 2.75) is 64.0 Å². The minimum Gasteiger partial charge on any atom is -0.480 e. The molecule has 4 heteroatoms. The molecule has 1 aromatic carbocycles. The molecule has 21 heavy (non-hydrogen) atoms. The fourth-order valence-electron chi connectivity index (χ4n) is 3.00. The summed E-state index contributed by atoms with van der Waals surface area (Å²) in [6.45, 7) is 3.31. The van der Waals surface area contributed by atoms with Crippen molar-refractivity contribution in [3.05, 3.63) is 35.1 Å². The van der Waals surface area contributed by atoms with E-state index in [0.717, 1.165) is 25.7 Å². The van der Waals surface area contributed by atoms with Gasteiger partial charge in [-0.05, 0) is 43.9 Å². The molecule has 0 aliphatic heterocycles. The highest BCUT2D eigenvalue weighted by Gasteiger charge is 2.37. The molecular weight excluding hydrogens is 269 g/mol. The molecular formula is C17H24FNO2. The van der Waals surface area contributed by atoms with Crippen molar-refractivity contribution in [1.29, 1.82) is 0 Å². The van der Waals surface area contributed by atoms with E-state index in [4.69, 9.17) is 0 Å². The van der Waals surface area contributed by atoms with E-state index in [9.17, 15) is 14.3 Å². The Morgan fingerprint density at radius 1 is 1.29 bits per heavy atom. The van der Waals surface area contributed by atoms with Crippen molar-refractivity contribution < 1.29 is 14.3 Å². The predicted molar refractivity (Wildman–Crippen MR) is 80.8 cm³/mol. The third-order valence-electron chi connectivity index (χ3n) is 4.52. The van der Waals surface area contributed by atoms with Crippen LogP contribution in [0.1, 0.15) is 56.6 Å². The van der Waals surface area contributed by atoms with E-state index in [1.807, 2.05) is 0 Å². The maximum atomic E-state index is 13.8. The largest absolute Gasteiger partial charge is 0.480 e. The van der Waals surface area contributed by atoms with Crippen LogP contribution in [0.5, 0.6) is 0 Å².